The van der Waals surface area contributed by atoms with E-state index in [-0.39, 0.29) is 22.8 Å². The van der Waals surface area contributed by atoms with Crippen LogP contribution in [0.3, 0.4) is 0 Å². The zero-order valence-corrected chi connectivity index (χ0v) is 17.3. The molecule has 1 aromatic heterocycles. The third-order valence-electron chi connectivity index (χ3n) is 4.27. The maximum atomic E-state index is 14.6. The molecule has 3 aromatic rings. The lowest BCUT2D eigenvalue weighted by molar-refractivity contribution is 0.102. The van der Waals surface area contributed by atoms with Gasteiger partial charge in [0, 0.05) is 17.9 Å². The highest BCUT2D eigenvalue weighted by Gasteiger charge is 2.19. The number of aryl methyl sites for hydroxylation is 2. The molecule has 0 unspecified atom stereocenters. The molecule has 10 heteroatoms. The average Bonchev–Trinajstić information content (AvgIpc) is 2.99. The summed E-state index contributed by atoms with van der Waals surface area (Å²) in [6.07, 6.45) is 0. The Hall–Kier alpha value is -3.11. The highest BCUT2D eigenvalue weighted by Crippen LogP contribution is 2.22. The van der Waals surface area contributed by atoms with Crippen LogP contribution in [0.25, 0.3) is 5.69 Å². The van der Waals surface area contributed by atoms with Gasteiger partial charge in [0.15, 0.2) is 5.82 Å². The van der Waals surface area contributed by atoms with Crippen molar-refractivity contribution >= 4 is 21.6 Å². The van der Waals surface area contributed by atoms with Crippen molar-refractivity contribution in [1.82, 2.24) is 14.5 Å². The van der Waals surface area contributed by atoms with E-state index < -0.39 is 33.1 Å². The van der Waals surface area contributed by atoms with E-state index in [1.165, 1.54) is 16.8 Å². The number of halogens is 2. The first-order valence-electron chi connectivity index (χ1n) is 9.06. The number of nitrogens with one attached hydrogen (secondary N) is 2. The number of sulfonamides is 1. The van der Waals surface area contributed by atoms with Crippen molar-refractivity contribution in [3.8, 4) is 5.69 Å². The molecule has 2 N–H and O–H groups in total. The van der Waals surface area contributed by atoms with Crippen LogP contribution in [0, 0.1) is 25.5 Å². The SMILES string of the molecule is CCNS(=O)(=O)c1ccc(F)c(C(=O)Nc2ccc(-n3nc(C)cc3C)c(F)c2)c1. The molecule has 0 atom stereocenters. The predicted molar refractivity (Wildman–Crippen MR) is 108 cm³/mol. The molecule has 0 radical (unpaired) electrons. The van der Waals surface area contributed by atoms with Gasteiger partial charge in [-0.25, -0.2) is 26.6 Å². The fraction of sp³-hybridized carbons (Fsp3) is 0.200. The lowest BCUT2D eigenvalue weighted by Gasteiger charge is -2.11. The van der Waals surface area contributed by atoms with E-state index in [9.17, 15) is 22.0 Å². The molecule has 0 aliphatic carbocycles. The minimum atomic E-state index is -3.87. The molecule has 0 spiro atoms. The normalized spacial score (nSPS) is 11.5. The Kier molecular flexibility index (Phi) is 5.99. The van der Waals surface area contributed by atoms with Crippen LogP contribution >= 0.6 is 0 Å². The van der Waals surface area contributed by atoms with Gasteiger partial charge in [-0.15, -0.1) is 0 Å². The molecule has 0 fully saturated rings. The van der Waals surface area contributed by atoms with Crippen molar-refractivity contribution in [2.45, 2.75) is 25.7 Å². The molecule has 158 valence electrons. The Balaban J connectivity index is 1.88. The zero-order chi connectivity index (χ0) is 22.1. The Morgan fingerprint density at radius 2 is 1.80 bits per heavy atom. The third-order valence-corrected chi connectivity index (χ3v) is 5.81. The summed E-state index contributed by atoms with van der Waals surface area (Å²) in [5, 5.41) is 6.60. The molecular weight excluding hydrogens is 414 g/mol. The van der Waals surface area contributed by atoms with Gasteiger partial charge in [-0.1, -0.05) is 6.92 Å². The van der Waals surface area contributed by atoms with Crippen molar-refractivity contribution in [1.29, 1.82) is 0 Å². The van der Waals surface area contributed by atoms with Crippen molar-refractivity contribution in [2.75, 3.05) is 11.9 Å². The second kappa shape index (κ2) is 8.33. The number of hydrogen-bond donors (Lipinski definition) is 2. The molecule has 30 heavy (non-hydrogen) atoms. The lowest BCUT2D eigenvalue weighted by Crippen LogP contribution is -2.24. The molecule has 2 aromatic carbocycles. The number of aromatic nitrogens is 2. The maximum Gasteiger partial charge on any atom is 0.258 e. The highest BCUT2D eigenvalue weighted by molar-refractivity contribution is 7.89. The van der Waals surface area contributed by atoms with Crippen LogP contribution in [0.4, 0.5) is 14.5 Å². The van der Waals surface area contributed by atoms with E-state index in [0.717, 1.165) is 35.7 Å². The van der Waals surface area contributed by atoms with Gasteiger partial charge in [-0.2, -0.15) is 5.10 Å². The molecule has 1 amide bonds. The third kappa shape index (κ3) is 4.39. The fourth-order valence-electron chi connectivity index (χ4n) is 2.95. The maximum absolute atomic E-state index is 14.6. The number of rotatable bonds is 6. The van der Waals surface area contributed by atoms with Gasteiger partial charge in [-0.05, 0) is 56.3 Å². The highest BCUT2D eigenvalue weighted by atomic mass is 32.2. The van der Waals surface area contributed by atoms with Crippen LogP contribution in [0.2, 0.25) is 0 Å². The van der Waals surface area contributed by atoms with E-state index >= 15 is 0 Å². The Morgan fingerprint density at radius 3 is 2.40 bits per heavy atom. The van der Waals surface area contributed by atoms with Crippen molar-refractivity contribution in [3.05, 3.63) is 71.1 Å². The Morgan fingerprint density at radius 1 is 1.07 bits per heavy atom. The number of hydrogen-bond acceptors (Lipinski definition) is 4. The summed E-state index contributed by atoms with van der Waals surface area (Å²) in [5.74, 6) is -2.44. The number of benzene rings is 2. The summed E-state index contributed by atoms with van der Waals surface area (Å²) in [7, 11) is -3.87. The first-order valence-corrected chi connectivity index (χ1v) is 10.5. The summed E-state index contributed by atoms with van der Waals surface area (Å²) in [4.78, 5) is 12.2. The standard InChI is InChI=1S/C20H20F2N4O3S/c1-4-23-30(28,29)15-6-7-17(21)16(11-15)20(27)24-14-5-8-19(18(22)10-14)26-13(3)9-12(2)25-26/h5-11,23H,4H2,1-3H3,(H,24,27). The largest absolute Gasteiger partial charge is 0.322 e. The van der Waals surface area contributed by atoms with Gasteiger partial charge < -0.3 is 5.32 Å². The number of amides is 1. The summed E-state index contributed by atoms with van der Waals surface area (Å²) in [6, 6.07) is 8.66. The van der Waals surface area contributed by atoms with Crippen molar-refractivity contribution < 1.29 is 22.0 Å². The topological polar surface area (TPSA) is 93.1 Å². The minimum Gasteiger partial charge on any atom is -0.322 e. The van der Waals surface area contributed by atoms with Gasteiger partial charge in [0.25, 0.3) is 5.91 Å². The van der Waals surface area contributed by atoms with Gasteiger partial charge >= 0.3 is 0 Å². The molecule has 0 bridgehead atoms. The number of nitrogens with zero attached hydrogens (tertiary/aromatic N) is 2. The quantitative estimate of drug-likeness (QED) is 0.623. The van der Waals surface area contributed by atoms with E-state index in [0.29, 0.717) is 0 Å². The Labute approximate surface area is 172 Å². The van der Waals surface area contributed by atoms with Gasteiger partial charge in [0.2, 0.25) is 10.0 Å². The molecule has 0 aliphatic heterocycles. The fourth-order valence-corrected chi connectivity index (χ4v) is 4.01. The monoisotopic (exact) mass is 434 g/mol. The number of anilines is 1. The molecule has 0 saturated carbocycles. The van der Waals surface area contributed by atoms with E-state index in [4.69, 9.17) is 0 Å². The van der Waals surface area contributed by atoms with Crippen molar-refractivity contribution in [3.63, 3.8) is 0 Å². The second-order valence-electron chi connectivity index (χ2n) is 6.60. The zero-order valence-electron chi connectivity index (χ0n) is 16.5. The smallest absolute Gasteiger partial charge is 0.258 e. The van der Waals surface area contributed by atoms with E-state index in [1.54, 1.807) is 26.8 Å². The molecule has 7 nitrogen and oxygen atoms in total. The van der Waals surface area contributed by atoms with Crippen LogP contribution < -0.4 is 10.0 Å². The summed E-state index contributed by atoms with van der Waals surface area (Å²) >= 11 is 0. The average molecular weight is 434 g/mol. The van der Waals surface area contributed by atoms with Crippen LogP contribution in [0.5, 0.6) is 0 Å². The second-order valence-corrected chi connectivity index (χ2v) is 8.37. The summed E-state index contributed by atoms with van der Waals surface area (Å²) in [6.45, 7) is 5.31. The number of carbonyl (C=O) groups is 1. The summed E-state index contributed by atoms with van der Waals surface area (Å²) < 4.78 is 56.6. The molecule has 3 rings (SSSR count). The van der Waals surface area contributed by atoms with Crippen LogP contribution in [-0.4, -0.2) is 30.7 Å². The first-order chi connectivity index (χ1) is 14.1. The Bertz CT molecular complexity index is 1220. The van der Waals surface area contributed by atoms with Gasteiger partial charge in [0.1, 0.15) is 11.5 Å². The van der Waals surface area contributed by atoms with Crippen molar-refractivity contribution in [2.24, 2.45) is 0 Å². The molecule has 0 aliphatic rings. The number of carbonyl (C=O) groups excluding carboxylic acids is 1. The molecule has 0 saturated heterocycles. The van der Waals surface area contributed by atoms with E-state index in [2.05, 4.69) is 15.1 Å². The minimum absolute atomic E-state index is 0.0853. The van der Waals surface area contributed by atoms with E-state index in [1.807, 2.05) is 0 Å². The van der Waals surface area contributed by atoms with Gasteiger partial charge in [0.05, 0.1) is 16.2 Å². The van der Waals surface area contributed by atoms with Crippen LogP contribution in [0.15, 0.2) is 47.4 Å². The lowest BCUT2D eigenvalue weighted by atomic mass is 10.2. The molecular formula is C20H20F2N4O3S. The predicted octanol–water partition coefficient (Wildman–Crippen LogP) is 3.32. The molecule has 1 heterocycles. The van der Waals surface area contributed by atoms with Gasteiger partial charge in [-0.3, -0.25) is 4.79 Å². The first kappa shape index (κ1) is 21.6. The van der Waals surface area contributed by atoms with Crippen LogP contribution in [0.1, 0.15) is 28.7 Å². The summed E-state index contributed by atoms with van der Waals surface area (Å²) in [5.41, 5.74) is 1.28. The van der Waals surface area contributed by atoms with Crippen LogP contribution in [-0.2, 0) is 10.0 Å².